The molecule has 0 amide bonds. The number of alkyl halides is 4. The Bertz CT molecular complexity index is 339. The van der Waals surface area contributed by atoms with Crippen LogP contribution in [-0.4, -0.2) is 31.5 Å². The Labute approximate surface area is 97.6 Å². The fraction of sp³-hybridized carbons (Fsp3) is 0.714. The van der Waals surface area contributed by atoms with Crippen LogP contribution in [-0.2, 0) is 7.05 Å². The highest BCUT2D eigenvalue weighted by Crippen LogP contribution is 2.30. The summed E-state index contributed by atoms with van der Waals surface area (Å²) in [5.74, 6) is 0.561. The van der Waals surface area contributed by atoms with Crippen LogP contribution in [0.2, 0.25) is 0 Å². The van der Waals surface area contributed by atoms with E-state index in [1.807, 2.05) is 0 Å². The van der Waals surface area contributed by atoms with Gasteiger partial charge in [0.05, 0.1) is 0 Å². The summed E-state index contributed by atoms with van der Waals surface area (Å²) in [6.45, 7) is 1.74. The third-order valence-electron chi connectivity index (χ3n) is 1.77. The van der Waals surface area contributed by atoms with E-state index in [0.29, 0.717) is 11.0 Å². The number of nitrogens with zero attached hydrogens (tertiary/aromatic N) is 3. The van der Waals surface area contributed by atoms with Gasteiger partial charge in [-0.25, -0.2) is 0 Å². The van der Waals surface area contributed by atoms with Crippen LogP contribution in [0, 0.1) is 6.92 Å². The van der Waals surface area contributed by atoms with E-state index in [1.165, 1.54) is 0 Å². The van der Waals surface area contributed by atoms with Gasteiger partial charge in [-0.2, -0.15) is 13.2 Å². The highest BCUT2D eigenvalue weighted by Gasteiger charge is 2.37. The molecule has 1 heterocycles. The molecule has 0 N–H and O–H groups in total. The van der Waals surface area contributed by atoms with Gasteiger partial charge in [-0.1, -0.05) is 27.7 Å². The van der Waals surface area contributed by atoms with Gasteiger partial charge in [-0.05, 0) is 6.92 Å². The maximum Gasteiger partial charge on any atom is 0.402 e. The lowest BCUT2D eigenvalue weighted by Crippen LogP contribution is -2.25. The van der Waals surface area contributed by atoms with E-state index in [-0.39, 0.29) is 5.75 Å². The van der Waals surface area contributed by atoms with Crippen LogP contribution >= 0.6 is 27.7 Å². The van der Waals surface area contributed by atoms with E-state index in [9.17, 15) is 13.2 Å². The molecule has 0 aromatic carbocycles. The summed E-state index contributed by atoms with van der Waals surface area (Å²) in [6.07, 6.45) is -4.22. The smallest absolute Gasteiger partial charge is 0.309 e. The maximum absolute atomic E-state index is 12.2. The molecule has 0 bridgehead atoms. The van der Waals surface area contributed by atoms with Crippen LogP contribution in [0.15, 0.2) is 5.16 Å². The van der Waals surface area contributed by atoms with Crippen LogP contribution in [0.3, 0.4) is 0 Å². The van der Waals surface area contributed by atoms with E-state index in [4.69, 9.17) is 0 Å². The third-order valence-corrected chi connectivity index (χ3v) is 4.15. The van der Waals surface area contributed by atoms with Gasteiger partial charge in [0.25, 0.3) is 0 Å². The average Bonchev–Trinajstić information content (AvgIpc) is 2.43. The van der Waals surface area contributed by atoms with E-state index in [2.05, 4.69) is 26.1 Å². The van der Waals surface area contributed by atoms with Crippen molar-refractivity contribution in [3.63, 3.8) is 0 Å². The number of halogens is 4. The number of aryl methyl sites for hydroxylation is 1. The van der Waals surface area contributed by atoms with Crippen molar-refractivity contribution in [1.82, 2.24) is 14.8 Å². The van der Waals surface area contributed by atoms with Gasteiger partial charge < -0.3 is 4.57 Å². The standard InChI is InChI=1S/C7H9BrF3N3S/c1-4-12-13-6(14(4)2)15-3-5(8)7(9,10)11/h5H,3H2,1-2H3. The van der Waals surface area contributed by atoms with Crippen LogP contribution in [0.1, 0.15) is 5.82 Å². The lowest BCUT2D eigenvalue weighted by molar-refractivity contribution is -0.122. The first-order chi connectivity index (χ1) is 6.82. The molecule has 1 aromatic rings. The molecule has 86 valence electrons. The average molecular weight is 304 g/mol. The Morgan fingerprint density at radius 1 is 1.47 bits per heavy atom. The molecule has 0 saturated carbocycles. The Kier molecular flexibility index (Phi) is 4.05. The van der Waals surface area contributed by atoms with Crippen molar-refractivity contribution in [2.24, 2.45) is 7.05 Å². The van der Waals surface area contributed by atoms with Gasteiger partial charge in [0.1, 0.15) is 10.7 Å². The molecule has 8 heteroatoms. The molecule has 15 heavy (non-hydrogen) atoms. The highest BCUT2D eigenvalue weighted by atomic mass is 79.9. The third kappa shape index (κ3) is 3.37. The molecule has 0 aliphatic heterocycles. The summed E-state index contributed by atoms with van der Waals surface area (Å²) in [4.78, 5) is -1.52. The number of hydrogen-bond acceptors (Lipinski definition) is 3. The van der Waals surface area contributed by atoms with Gasteiger partial charge in [-0.3, -0.25) is 0 Å². The normalized spacial score (nSPS) is 14.3. The predicted molar refractivity (Wildman–Crippen MR) is 55.2 cm³/mol. The monoisotopic (exact) mass is 303 g/mol. The van der Waals surface area contributed by atoms with Crippen molar-refractivity contribution in [2.45, 2.75) is 23.1 Å². The first-order valence-corrected chi connectivity index (χ1v) is 5.92. The molecule has 0 saturated heterocycles. The van der Waals surface area contributed by atoms with Crippen molar-refractivity contribution in [2.75, 3.05) is 5.75 Å². The van der Waals surface area contributed by atoms with Crippen LogP contribution in [0.25, 0.3) is 0 Å². The zero-order chi connectivity index (χ0) is 11.6. The van der Waals surface area contributed by atoms with Crippen LogP contribution in [0.4, 0.5) is 13.2 Å². The summed E-state index contributed by atoms with van der Waals surface area (Å²) in [5, 5.41) is 8.00. The zero-order valence-electron chi connectivity index (χ0n) is 8.05. The van der Waals surface area contributed by atoms with Gasteiger partial charge in [0, 0.05) is 12.8 Å². The Hall–Kier alpha value is -0.240. The maximum atomic E-state index is 12.2. The fourth-order valence-electron chi connectivity index (χ4n) is 0.756. The molecule has 0 fully saturated rings. The molecule has 0 aliphatic rings. The summed E-state index contributed by atoms with van der Waals surface area (Å²) < 4.78 is 38.1. The molecule has 0 spiro atoms. The minimum atomic E-state index is -4.22. The molecule has 3 nitrogen and oxygen atoms in total. The SMILES string of the molecule is Cc1nnc(SCC(Br)C(F)(F)F)n1C. The van der Waals surface area contributed by atoms with Crippen molar-refractivity contribution >= 4 is 27.7 Å². The number of thioether (sulfide) groups is 1. The molecule has 1 unspecified atom stereocenters. The molecule has 1 aromatic heterocycles. The predicted octanol–water partition coefficient (Wildman–Crippen LogP) is 2.54. The summed E-state index contributed by atoms with van der Waals surface area (Å²) in [7, 11) is 1.72. The second-order valence-corrected chi connectivity index (χ2v) is 5.00. The zero-order valence-corrected chi connectivity index (χ0v) is 10.4. The highest BCUT2D eigenvalue weighted by molar-refractivity contribution is 9.09. The van der Waals surface area contributed by atoms with Crippen molar-refractivity contribution < 1.29 is 13.2 Å². The first-order valence-electron chi connectivity index (χ1n) is 4.02. The number of rotatable bonds is 3. The van der Waals surface area contributed by atoms with Crippen molar-refractivity contribution in [3.05, 3.63) is 5.82 Å². The Morgan fingerprint density at radius 3 is 2.47 bits per heavy atom. The van der Waals surface area contributed by atoms with Crippen molar-refractivity contribution in [3.8, 4) is 0 Å². The summed E-state index contributed by atoms with van der Waals surface area (Å²) >= 11 is 3.61. The molecular formula is C7H9BrF3N3S. The summed E-state index contributed by atoms with van der Waals surface area (Å²) in [6, 6.07) is 0. The lowest BCUT2D eigenvalue weighted by Gasteiger charge is -2.12. The molecule has 1 rings (SSSR count). The summed E-state index contributed by atoms with van der Waals surface area (Å²) in [5.41, 5.74) is 0. The molecular weight excluding hydrogens is 295 g/mol. The quantitative estimate of drug-likeness (QED) is 0.635. The number of hydrogen-bond donors (Lipinski definition) is 0. The Balaban J connectivity index is 2.55. The van der Waals surface area contributed by atoms with Gasteiger partial charge in [0.15, 0.2) is 5.16 Å². The largest absolute Gasteiger partial charge is 0.402 e. The molecule has 0 radical (unpaired) electrons. The Morgan fingerprint density at radius 2 is 2.07 bits per heavy atom. The first kappa shape index (κ1) is 12.8. The second kappa shape index (κ2) is 4.73. The topological polar surface area (TPSA) is 30.7 Å². The van der Waals surface area contributed by atoms with Gasteiger partial charge in [0.2, 0.25) is 0 Å². The molecule has 0 aliphatic carbocycles. The van der Waals surface area contributed by atoms with Gasteiger partial charge in [-0.15, -0.1) is 10.2 Å². The minimum absolute atomic E-state index is 0.116. The van der Waals surface area contributed by atoms with Gasteiger partial charge >= 0.3 is 6.18 Å². The van der Waals surface area contributed by atoms with E-state index < -0.39 is 11.0 Å². The second-order valence-electron chi connectivity index (χ2n) is 2.91. The fourth-order valence-corrected chi connectivity index (χ4v) is 2.06. The van der Waals surface area contributed by atoms with Crippen LogP contribution in [0.5, 0.6) is 0 Å². The number of aromatic nitrogens is 3. The molecule has 1 atom stereocenters. The van der Waals surface area contributed by atoms with E-state index in [1.54, 1.807) is 18.5 Å². The minimum Gasteiger partial charge on any atom is -0.309 e. The van der Waals surface area contributed by atoms with E-state index in [0.717, 1.165) is 11.8 Å². The van der Waals surface area contributed by atoms with E-state index >= 15 is 0 Å². The van der Waals surface area contributed by atoms with Crippen molar-refractivity contribution in [1.29, 1.82) is 0 Å². The van der Waals surface area contributed by atoms with Crippen LogP contribution < -0.4 is 0 Å². The lowest BCUT2D eigenvalue weighted by atomic mass is 10.5.